The Morgan fingerprint density at radius 2 is 1.80 bits per heavy atom. The van der Waals surface area contributed by atoms with Gasteiger partial charge in [0.05, 0.1) is 16.4 Å². The van der Waals surface area contributed by atoms with Gasteiger partial charge in [-0.25, -0.2) is 4.79 Å². The van der Waals surface area contributed by atoms with Gasteiger partial charge in [0.15, 0.2) is 5.82 Å². The number of hydrogen-bond donors (Lipinski definition) is 2. The van der Waals surface area contributed by atoms with E-state index in [-0.39, 0.29) is 6.03 Å². The minimum atomic E-state index is -0.355. The first-order chi connectivity index (χ1) is 14.6. The molecule has 0 unspecified atom stereocenters. The van der Waals surface area contributed by atoms with Crippen LogP contribution < -0.4 is 15.5 Å². The average molecular weight is 422 g/mol. The predicted octanol–water partition coefficient (Wildman–Crippen LogP) is 5.74. The van der Waals surface area contributed by atoms with Crippen LogP contribution in [0.2, 0.25) is 5.02 Å². The molecule has 0 spiro atoms. The first-order valence-corrected chi connectivity index (χ1v) is 10.5. The molecule has 2 N–H and O–H groups in total. The average Bonchev–Trinajstić information content (AvgIpc) is 2.77. The maximum atomic E-state index is 12.4. The molecule has 1 aliphatic rings. The standard InChI is InChI=1S/C23H24ClN5O/c1-16-8-9-19(24)21(14-16)26-23(30)25-18-7-5-6-17(15-18)20-10-11-22(28-27-20)29-12-3-2-4-13-29/h5-11,14-15H,2-4,12-13H2,1H3,(H2,25,26,30). The molecule has 0 bridgehead atoms. The van der Waals surface area contributed by atoms with Crippen LogP contribution in [0.25, 0.3) is 11.3 Å². The van der Waals surface area contributed by atoms with Crippen molar-refractivity contribution in [1.82, 2.24) is 10.2 Å². The topological polar surface area (TPSA) is 70.2 Å². The molecule has 2 aromatic carbocycles. The Hall–Kier alpha value is -3.12. The van der Waals surface area contributed by atoms with Crippen LogP contribution in [0.15, 0.2) is 54.6 Å². The highest BCUT2D eigenvalue weighted by Crippen LogP contribution is 2.25. The van der Waals surface area contributed by atoms with E-state index in [0.717, 1.165) is 35.7 Å². The summed E-state index contributed by atoms with van der Waals surface area (Å²) >= 11 is 6.16. The van der Waals surface area contributed by atoms with Gasteiger partial charge in [0.2, 0.25) is 0 Å². The van der Waals surface area contributed by atoms with Crippen molar-refractivity contribution in [2.24, 2.45) is 0 Å². The van der Waals surface area contributed by atoms with E-state index >= 15 is 0 Å². The highest BCUT2D eigenvalue weighted by atomic mass is 35.5. The molecule has 6 nitrogen and oxygen atoms in total. The number of aromatic nitrogens is 2. The first-order valence-electron chi connectivity index (χ1n) is 10.1. The minimum Gasteiger partial charge on any atom is -0.355 e. The Morgan fingerprint density at radius 1 is 0.967 bits per heavy atom. The van der Waals surface area contributed by atoms with E-state index in [1.54, 1.807) is 6.07 Å². The minimum absolute atomic E-state index is 0.355. The molecule has 7 heteroatoms. The van der Waals surface area contributed by atoms with Crippen LogP contribution in [-0.4, -0.2) is 29.3 Å². The normalized spacial score (nSPS) is 13.7. The third-order valence-corrected chi connectivity index (χ3v) is 5.45. The van der Waals surface area contributed by atoms with E-state index in [4.69, 9.17) is 11.6 Å². The largest absolute Gasteiger partial charge is 0.355 e. The molecular weight excluding hydrogens is 398 g/mol. The summed E-state index contributed by atoms with van der Waals surface area (Å²) in [6.45, 7) is 4.02. The van der Waals surface area contributed by atoms with Crippen molar-refractivity contribution in [2.45, 2.75) is 26.2 Å². The number of anilines is 3. The Morgan fingerprint density at radius 3 is 2.57 bits per heavy atom. The van der Waals surface area contributed by atoms with Crippen molar-refractivity contribution in [3.05, 3.63) is 65.2 Å². The Labute approximate surface area is 181 Å². The predicted molar refractivity (Wildman–Crippen MR) is 122 cm³/mol. The van der Waals surface area contributed by atoms with E-state index in [2.05, 4.69) is 25.7 Å². The monoisotopic (exact) mass is 421 g/mol. The number of hydrogen-bond acceptors (Lipinski definition) is 4. The first kappa shape index (κ1) is 20.2. The molecule has 0 aliphatic carbocycles. The van der Waals surface area contributed by atoms with E-state index in [1.165, 1.54) is 19.3 Å². The number of nitrogens with zero attached hydrogens (tertiary/aromatic N) is 3. The summed E-state index contributed by atoms with van der Waals surface area (Å²) in [6, 6.07) is 16.7. The van der Waals surface area contributed by atoms with Gasteiger partial charge in [-0.15, -0.1) is 10.2 Å². The maximum absolute atomic E-state index is 12.4. The molecule has 4 rings (SSSR count). The Kier molecular flexibility index (Phi) is 6.14. The van der Waals surface area contributed by atoms with Gasteiger partial charge in [-0.2, -0.15) is 0 Å². The molecule has 1 aromatic heterocycles. The molecule has 0 radical (unpaired) electrons. The summed E-state index contributed by atoms with van der Waals surface area (Å²) in [5.74, 6) is 0.919. The molecule has 2 amide bonds. The SMILES string of the molecule is Cc1ccc(Cl)c(NC(=O)Nc2cccc(-c3ccc(N4CCCCC4)nn3)c2)c1. The summed E-state index contributed by atoms with van der Waals surface area (Å²) < 4.78 is 0. The molecule has 1 fully saturated rings. The summed E-state index contributed by atoms with van der Waals surface area (Å²) in [7, 11) is 0. The smallest absolute Gasteiger partial charge is 0.323 e. The number of aryl methyl sites for hydroxylation is 1. The van der Waals surface area contributed by atoms with Crippen molar-refractivity contribution in [3.63, 3.8) is 0 Å². The summed E-state index contributed by atoms with van der Waals surface area (Å²) in [6.07, 6.45) is 3.69. The Balaban J connectivity index is 1.44. The zero-order valence-electron chi connectivity index (χ0n) is 16.9. The fourth-order valence-electron chi connectivity index (χ4n) is 3.55. The third kappa shape index (κ3) is 4.89. The lowest BCUT2D eigenvalue weighted by Crippen LogP contribution is -2.30. The number of benzene rings is 2. The number of carbonyl (C=O) groups excluding carboxylic acids is 1. The second kappa shape index (κ2) is 9.13. The second-order valence-corrected chi connectivity index (χ2v) is 7.87. The summed E-state index contributed by atoms with van der Waals surface area (Å²) in [5.41, 5.74) is 3.91. The molecule has 1 aliphatic heterocycles. The van der Waals surface area contributed by atoms with E-state index < -0.39 is 0 Å². The van der Waals surface area contributed by atoms with Crippen LogP contribution in [0.3, 0.4) is 0 Å². The van der Waals surface area contributed by atoms with Gasteiger partial charge in [-0.3, -0.25) is 0 Å². The van der Waals surface area contributed by atoms with Crippen LogP contribution in [0.5, 0.6) is 0 Å². The molecule has 154 valence electrons. The van der Waals surface area contributed by atoms with Gasteiger partial charge in [0.1, 0.15) is 0 Å². The van der Waals surface area contributed by atoms with Gasteiger partial charge in [0.25, 0.3) is 0 Å². The van der Waals surface area contributed by atoms with E-state index in [1.807, 2.05) is 55.5 Å². The fraction of sp³-hybridized carbons (Fsp3) is 0.261. The van der Waals surface area contributed by atoms with E-state index in [9.17, 15) is 4.79 Å². The van der Waals surface area contributed by atoms with Crippen molar-refractivity contribution in [3.8, 4) is 11.3 Å². The lowest BCUT2D eigenvalue weighted by molar-refractivity contribution is 0.262. The molecule has 30 heavy (non-hydrogen) atoms. The van der Waals surface area contributed by atoms with Gasteiger partial charge in [0, 0.05) is 24.3 Å². The number of rotatable bonds is 4. The molecule has 2 heterocycles. The van der Waals surface area contributed by atoms with Crippen molar-refractivity contribution >= 4 is 34.8 Å². The summed E-state index contributed by atoms with van der Waals surface area (Å²) in [5, 5.41) is 14.9. The van der Waals surface area contributed by atoms with Gasteiger partial charge < -0.3 is 15.5 Å². The number of urea groups is 1. The number of halogens is 1. The number of nitrogens with one attached hydrogen (secondary N) is 2. The zero-order valence-corrected chi connectivity index (χ0v) is 17.6. The van der Waals surface area contributed by atoms with Crippen molar-refractivity contribution in [1.29, 1.82) is 0 Å². The molecule has 0 saturated carbocycles. The van der Waals surface area contributed by atoms with Gasteiger partial charge in [-0.1, -0.05) is 29.8 Å². The molecule has 3 aromatic rings. The number of amides is 2. The van der Waals surface area contributed by atoms with Crippen LogP contribution in [0.1, 0.15) is 24.8 Å². The molecular formula is C23H24ClN5O. The molecule has 1 saturated heterocycles. The highest BCUT2D eigenvalue weighted by molar-refractivity contribution is 6.33. The second-order valence-electron chi connectivity index (χ2n) is 7.47. The van der Waals surface area contributed by atoms with Gasteiger partial charge >= 0.3 is 6.03 Å². The van der Waals surface area contributed by atoms with Crippen molar-refractivity contribution < 1.29 is 4.79 Å². The van der Waals surface area contributed by atoms with Gasteiger partial charge in [-0.05, 0) is 68.1 Å². The highest BCUT2D eigenvalue weighted by Gasteiger charge is 2.13. The lowest BCUT2D eigenvalue weighted by atomic mass is 10.1. The fourth-order valence-corrected chi connectivity index (χ4v) is 3.71. The van der Waals surface area contributed by atoms with Crippen LogP contribution in [0.4, 0.5) is 22.0 Å². The lowest BCUT2D eigenvalue weighted by Gasteiger charge is -2.27. The van der Waals surface area contributed by atoms with E-state index in [0.29, 0.717) is 16.4 Å². The quantitative estimate of drug-likeness (QED) is 0.563. The Bertz CT molecular complexity index is 1030. The maximum Gasteiger partial charge on any atom is 0.323 e. The number of carbonyl (C=O) groups is 1. The van der Waals surface area contributed by atoms with Crippen LogP contribution in [0, 0.1) is 6.92 Å². The van der Waals surface area contributed by atoms with Crippen LogP contribution in [-0.2, 0) is 0 Å². The molecule has 0 atom stereocenters. The zero-order chi connectivity index (χ0) is 20.9. The van der Waals surface area contributed by atoms with Crippen molar-refractivity contribution in [2.75, 3.05) is 28.6 Å². The number of piperidine rings is 1. The third-order valence-electron chi connectivity index (χ3n) is 5.12. The van der Waals surface area contributed by atoms with Crippen LogP contribution >= 0.6 is 11.6 Å². The summed E-state index contributed by atoms with van der Waals surface area (Å²) in [4.78, 5) is 14.7.